The van der Waals surface area contributed by atoms with Gasteiger partial charge in [-0.05, 0) is 37.1 Å². The molecule has 0 heterocycles. The number of nitrogens with one attached hydrogen (secondary N) is 2. The van der Waals surface area contributed by atoms with Crippen molar-refractivity contribution in [2.75, 3.05) is 0 Å². The Balaban J connectivity index is 2.07. The molecule has 1 amide bonds. The van der Waals surface area contributed by atoms with Crippen LogP contribution in [0.5, 0.6) is 0 Å². The number of hydrogen-bond acceptors (Lipinski definition) is 4. The Morgan fingerprint density at radius 1 is 1.20 bits per heavy atom. The zero-order valence-corrected chi connectivity index (χ0v) is 13.5. The molecule has 1 aliphatic carbocycles. The number of hydrogen-bond donors (Lipinski definition) is 3. The Labute approximate surface area is 141 Å². The number of benzene rings is 1. The van der Waals surface area contributed by atoms with E-state index in [1.807, 2.05) is 0 Å². The van der Waals surface area contributed by atoms with Gasteiger partial charge in [0.2, 0.25) is 10.0 Å². The van der Waals surface area contributed by atoms with Gasteiger partial charge in [-0.15, -0.1) is 0 Å². The minimum absolute atomic E-state index is 0.0963. The van der Waals surface area contributed by atoms with Gasteiger partial charge in [0.15, 0.2) is 0 Å². The molecule has 0 saturated heterocycles. The normalized spacial score (nSPS) is 16.3. The van der Waals surface area contributed by atoms with Gasteiger partial charge in [0.05, 0.1) is 11.3 Å². The van der Waals surface area contributed by atoms with Crippen LogP contribution in [0.15, 0.2) is 29.2 Å². The molecule has 0 aromatic heterocycles. The maximum absolute atomic E-state index is 12.3. The lowest BCUT2D eigenvalue weighted by Crippen LogP contribution is -2.43. The monoisotopic (exact) mass is 380 g/mol. The molecule has 0 aliphatic heterocycles. The summed E-state index contributed by atoms with van der Waals surface area (Å²) in [5, 5.41) is 10.5. The lowest BCUT2D eigenvalue weighted by molar-refractivity contribution is -0.157. The first-order valence-electron chi connectivity index (χ1n) is 7.21. The number of aliphatic carboxylic acids is 1. The van der Waals surface area contributed by atoms with E-state index in [4.69, 9.17) is 5.11 Å². The van der Waals surface area contributed by atoms with Crippen molar-refractivity contribution in [2.45, 2.75) is 42.4 Å². The molecule has 2 rings (SSSR count). The van der Waals surface area contributed by atoms with E-state index in [1.54, 1.807) is 5.32 Å². The number of carbonyl (C=O) groups excluding carboxylic acids is 1. The Kier molecular flexibility index (Phi) is 5.37. The van der Waals surface area contributed by atoms with E-state index in [2.05, 4.69) is 4.72 Å². The number of carboxylic acid groups (broad SMARTS) is 1. The molecule has 11 heteroatoms. The molecule has 0 spiro atoms. The molecular weight excluding hydrogens is 365 g/mol. The summed E-state index contributed by atoms with van der Waals surface area (Å²) in [6.07, 6.45) is -4.99. The van der Waals surface area contributed by atoms with Crippen molar-refractivity contribution in [2.24, 2.45) is 0 Å². The predicted molar refractivity (Wildman–Crippen MR) is 79.3 cm³/mol. The van der Waals surface area contributed by atoms with E-state index in [-0.39, 0.29) is 16.5 Å². The van der Waals surface area contributed by atoms with Crippen LogP contribution in [0.4, 0.5) is 13.2 Å². The second-order valence-electron chi connectivity index (χ2n) is 5.60. The van der Waals surface area contributed by atoms with Gasteiger partial charge in [0, 0.05) is 11.6 Å². The molecule has 3 N–H and O–H groups in total. The largest absolute Gasteiger partial charge is 0.480 e. The Hall–Kier alpha value is -2.14. The fourth-order valence-corrected chi connectivity index (χ4v) is 3.25. The third kappa shape index (κ3) is 5.71. The average Bonchev–Trinajstić information content (AvgIpc) is 3.28. The van der Waals surface area contributed by atoms with Gasteiger partial charge in [0.25, 0.3) is 5.91 Å². The zero-order valence-electron chi connectivity index (χ0n) is 12.7. The summed E-state index contributed by atoms with van der Waals surface area (Å²) in [6, 6.07) is 2.21. The summed E-state index contributed by atoms with van der Waals surface area (Å²) in [6.45, 7) is 0. The van der Waals surface area contributed by atoms with Crippen LogP contribution >= 0.6 is 0 Å². The molecule has 1 aromatic carbocycles. The molecule has 1 fully saturated rings. The quantitative estimate of drug-likeness (QED) is 0.659. The number of rotatable bonds is 7. The summed E-state index contributed by atoms with van der Waals surface area (Å²) in [7, 11) is -3.72. The van der Waals surface area contributed by atoms with Gasteiger partial charge >= 0.3 is 12.1 Å². The first kappa shape index (κ1) is 19.2. The van der Waals surface area contributed by atoms with Crippen LogP contribution < -0.4 is 10.0 Å². The standard InChI is InChI=1S/C14H15F3N2O5S/c15-14(16,17)7-11(13(21)22)18-12(20)8-1-5-10(6-2-8)25(23,24)19-9-3-4-9/h1-2,5-6,9,11,19H,3-4,7H2,(H,18,20)(H,21,22). The molecule has 1 aromatic rings. The molecule has 1 aliphatic rings. The first-order valence-corrected chi connectivity index (χ1v) is 8.69. The van der Waals surface area contributed by atoms with E-state index < -0.39 is 40.5 Å². The predicted octanol–water partition coefficient (Wildman–Crippen LogP) is 1.26. The minimum atomic E-state index is -4.76. The fourth-order valence-electron chi connectivity index (χ4n) is 1.95. The lowest BCUT2D eigenvalue weighted by atomic mass is 10.1. The average molecular weight is 380 g/mol. The van der Waals surface area contributed by atoms with Crippen molar-refractivity contribution in [1.82, 2.24) is 10.0 Å². The molecule has 0 radical (unpaired) electrons. The summed E-state index contributed by atoms with van der Waals surface area (Å²) in [5.74, 6) is -2.87. The zero-order chi connectivity index (χ0) is 18.8. The van der Waals surface area contributed by atoms with Gasteiger partial charge in [-0.25, -0.2) is 17.9 Å². The summed E-state index contributed by atoms with van der Waals surface area (Å²) < 4.78 is 63.4. The molecule has 138 valence electrons. The van der Waals surface area contributed by atoms with E-state index >= 15 is 0 Å². The molecule has 1 unspecified atom stereocenters. The third-order valence-electron chi connectivity index (χ3n) is 3.36. The highest BCUT2D eigenvalue weighted by molar-refractivity contribution is 7.89. The number of carboxylic acids is 1. The number of alkyl halides is 3. The molecule has 0 bridgehead atoms. The molecule has 1 saturated carbocycles. The first-order chi connectivity index (χ1) is 11.5. The molecule has 25 heavy (non-hydrogen) atoms. The van der Waals surface area contributed by atoms with E-state index in [0.717, 1.165) is 37.1 Å². The summed E-state index contributed by atoms with van der Waals surface area (Å²) >= 11 is 0. The van der Waals surface area contributed by atoms with Crippen molar-refractivity contribution in [1.29, 1.82) is 0 Å². The lowest BCUT2D eigenvalue weighted by Gasteiger charge is -2.16. The van der Waals surface area contributed by atoms with E-state index in [1.165, 1.54) is 0 Å². The number of amides is 1. The van der Waals surface area contributed by atoms with Crippen molar-refractivity contribution in [3.63, 3.8) is 0 Å². The smallest absolute Gasteiger partial charge is 0.391 e. The molecule has 7 nitrogen and oxygen atoms in total. The van der Waals surface area contributed by atoms with Crippen LogP contribution in [0.1, 0.15) is 29.6 Å². The minimum Gasteiger partial charge on any atom is -0.480 e. The second kappa shape index (κ2) is 7.00. The van der Waals surface area contributed by atoms with Crippen molar-refractivity contribution in [3.8, 4) is 0 Å². The van der Waals surface area contributed by atoms with Gasteiger partial charge in [-0.2, -0.15) is 13.2 Å². The number of sulfonamides is 1. The highest BCUT2D eigenvalue weighted by Crippen LogP contribution is 2.23. The highest BCUT2D eigenvalue weighted by Gasteiger charge is 2.36. The van der Waals surface area contributed by atoms with Crippen LogP contribution in [-0.2, 0) is 14.8 Å². The van der Waals surface area contributed by atoms with Gasteiger partial charge in [-0.3, -0.25) is 4.79 Å². The van der Waals surface area contributed by atoms with E-state index in [9.17, 15) is 31.2 Å². The Morgan fingerprint density at radius 3 is 2.20 bits per heavy atom. The molecular formula is C14H15F3N2O5S. The van der Waals surface area contributed by atoms with Crippen LogP contribution in [0, 0.1) is 0 Å². The van der Waals surface area contributed by atoms with Crippen molar-refractivity contribution < 1.29 is 36.3 Å². The maximum atomic E-state index is 12.3. The highest BCUT2D eigenvalue weighted by atomic mass is 32.2. The SMILES string of the molecule is O=C(NC(CC(F)(F)F)C(=O)O)c1ccc(S(=O)(=O)NC2CC2)cc1. The fraction of sp³-hybridized carbons (Fsp3) is 0.429. The topological polar surface area (TPSA) is 113 Å². The maximum Gasteiger partial charge on any atom is 0.391 e. The number of halogens is 3. The van der Waals surface area contributed by atoms with Crippen LogP contribution in [-0.4, -0.2) is 43.7 Å². The van der Waals surface area contributed by atoms with Crippen LogP contribution in [0.25, 0.3) is 0 Å². The summed E-state index contributed by atoms with van der Waals surface area (Å²) in [4.78, 5) is 22.6. The van der Waals surface area contributed by atoms with Crippen LogP contribution in [0.3, 0.4) is 0 Å². The third-order valence-corrected chi connectivity index (χ3v) is 4.90. The Bertz CT molecular complexity index is 758. The Morgan fingerprint density at radius 2 is 1.76 bits per heavy atom. The second-order valence-corrected chi connectivity index (χ2v) is 7.32. The summed E-state index contributed by atoms with van der Waals surface area (Å²) in [5.41, 5.74) is -0.154. The van der Waals surface area contributed by atoms with Crippen molar-refractivity contribution in [3.05, 3.63) is 29.8 Å². The van der Waals surface area contributed by atoms with Gasteiger partial charge in [0.1, 0.15) is 6.04 Å². The van der Waals surface area contributed by atoms with Crippen molar-refractivity contribution >= 4 is 21.9 Å². The molecule has 1 atom stereocenters. The van der Waals surface area contributed by atoms with Gasteiger partial charge in [-0.1, -0.05) is 0 Å². The number of carbonyl (C=O) groups is 2. The van der Waals surface area contributed by atoms with E-state index in [0.29, 0.717) is 0 Å². The van der Waals surface area contributed by atoms with Gasteiger partial charge < -0.3 is 10.4 Å². The van der Waals surface area contributed by atoms with Crippen LogP contribution in [0.2, 0.25) is 0 Å².